The molecule has 2 amide bonds. The molecule has 1 saturated heterocycles. The van der Waals surface area contributed by atoms with E-state index >= 15 is 0 Å². The quantitative estimate of drug-likeness (QED) is 0.262. The number of ether oxygens (including phenoxy) is 1. The van der Waals surface area contributed by atoms with Gasteiger partial charge < -0.3 is 25.6 Å². The number of rotatable bonds is 7. The highest BCUT2D eigenvalue weighted by atomic mass is 32.2. The molecule has 2 unspecified atom stereocenters. The lowest BCUT2D eigenvalue weighted by atomic mass is 10.0. The van der Waals surface area contributed by atoms with Gasteiger partial charge in [-0.25, -0.2) is 9.79 Å². The zero-order chi connectivity index (χ0) is 27.6. The fourth-order valence-corrected chi connectivity index (χ4v) is 4.82. The number of hydrogen-bond donors (Lipinski definition) is 6. The third-order valence-electron chi connectivity index (χ3n) is 5.94. The van der Waals surface area contributed by atoms with Gasteiger partial charge in [-0.3, -0.25) is 24.4 Å². The zero-order valence-corrected chi connectivity index (χ0v) is 21.4. The second-order valence-electron chi connectivity index (χ2n) is 8.59. The first-order valence-corrected chi connectivity index (χ1v) is 12.3. The van der Waals surface area contributed by atoms with E-state index in [4.69, 9.17) is 4.74 Å². The van der Waals surface area contributed by atoms with E-state index in [-0.39, 0.29) is 34.6 Å². The van der Waals surface area contributed by atoms with Crippen LogP contribution in [0.2, 0.25) is 0 Å². The topological polar surface area (TPSA) is 186 Å². The molecular weight excluding hydrogens is 514 g/mol. The molecule has 38 heavy (non-hydrogen) atoms. The fourth-order valence-electron chi connectivity index (χ4n) is 3.83. The van der Waals surface area contributed by atoms with Crippen molar-refractivity contribution in [2.24, 2.45) is 4.99 Å². The number of carbonyl (C=O) groups excluding carboxylic acids is 2. The number of nitrogens with zero attached hydrogens (tertiary/aromatic N) is 1. The summed E-state index contributed by atoms with van der Waals surface area (Å²) in [6, 6.07) is 8.47. The molecule has 4 rings (SSSR count). The molecule has 0 radical (unpaired) electrons. The summed E-state index contributed by atoms with van der Waals surface area (Å²) in [5.41, 5.74) is 0.923. The highest BCUT2D eigenvalue weighted by molar-refractivity contribution is 8.15. The van der Waals surface area contributed by atoms with E-state index in [9.17, 15) is 29.4 Å². The van der Waals surface area contributed by atoms with Gasteiger partial charge in [-0.2, -0.15) is 0 Å². The maximum absolute atomic E-state index is 12.6. The molecule has 1 fully saturated rings. The van der Waals surface area contributed by atoms with Crippen LogP contribution in [0.5, 0.6) is 17.4 Å². The Labute approximate surface area is 220 Å². The zero-order valence-electron chi connectivity index (χ0n) is 20.6. The summed E-state index contributed by atoms with van der Waals surface area (Å²) in [5, 5.41) is 25.0. The molecule has 2 aromatic carbocycles. The maximum Gasteiger partial charge on any atom is 0.328 e. The Morgan fingerprint density at radius 2 is 1.87 bits per heavy atom. The van der Waals surface area contributed by atoms with E-state index in [2.05, 4.69) is 20.6 Å². The van der Waals surface area contributed by atoms with Gasteiger partial charge in [0, 0.05) is 12.1 Å². The minimum atomic E-state index is -1.21. The number of amides is 2. The fraction of sp³-hybridized carbons (Fsp3) is 0.240. The van der Waals surface area contributed by atoms with E-state index in [1.165, 1.54) is 25.3 Å². The average molecular weight is 540 g/mol. The smallest absolute Gasteiger partial charge is 0.328 e. The van der Waals surface area contributed by atoms with Crippen LogP contribution >= 0.6 is 11.8 Å². The highest BCUT2D eigenvalue weighted by Crippen LogP contribution is 2.36. The van der Waals surface area contributed by atoms with E-state index in [1.807, 2.05) is 31.0 Å². The van der Waals surface area contributed by atoms with E-state index in [0.717, 1.165) is 22.9 Å². The second kappa shape index (κ2) is 10.8. The van der Waals surface area contributed by atoms with Gasteiger partial charge in [-0.05, 0) is 54.8 Å². The average Bonchev–Trinajstić information content (AvgIpc) is 3.18. The molecule has 13 heteroatoms. The number of phenolic OH excluding ortho intramolecular Hbond substituents is 1. The molecule has 0 aliphatic carbocycles. The molecule has 198 valence electrons. The van der Waals surface area contributed by atoms with Crippen molar-refractivity contribution in [3.8, 4) is 17.4 Å². The standard InChI is InChI=1S/C25H25N5O7S/c1-11-4-6-14(8-12(11)2)26-18(32)10-17-21(33)30-25(38-17)27-20(13-5-7-15(31)16(9-13)37-3)19-22(34)28-24(36)29-23(19)35/h4-9,17,20,31H,10H2,1-3H3,(H,26,32)(H,27,30,33)(H3,28,29,34,35,36). The lowest BCUT2D eigenvalue weighted by Gasteiger charge is -2.16. The molecule has 6 N–H and O–H groups in total. The number of H-pyrrole nitrogens is 2. The SMILES string of the molecule is COc1cc(C(N=C2NC(=O)C(CC(=O)Nc3ccc(C)c(C)c3)S2)c2c(O)[nH]c(=O)[nH]c2=O)ccc1O. The minimum Gasteiger partial charge on any atom is -0.504 e. The molecule has 0 saturated carbocycles. The number of hydrogen-bond acceptors (Lipinski definition) is 9. The maximum atomic E-state index is 12.6. The number of aryl methyl sites for hydroxylation is 2. The van der Waals surface area contributed by atoms with Crippen molar-refractivity contribution in [3.63, 3.8) is 0 Å². The van der Waals surface area contributed by atoms with Gasteiger partial charge in [0.2, 0.25) is 17.7 Å². The summed E-state index contributed by atoms with van der Waals surface area (Å²) in [4.78, 5) is 58.1. The van der Waals surface area contributed by atoms with Crippen LogP contribution in [0, 0.1) is 13.8 Å². The van der Waals surface area contributed by atoms with Gasteiger partial charge in [0.05, 0.1) is 7.11 Å². The van der Waals surface area contributed by atoms with Crippen molar-refractivity contribution in [3.05, 3.63) is 79.5 Å². The summed E-state index contributed by atoms with van der Waals surface area (Å²) in [6.07, 6.45) is -0.134. The number of aromatic hydroxyl groups is 2. The van der Waals surface area contributed by atoms with E-state index in [0.29, 0.717) is 11.3 Å². The highest BCUT2D eigenvalue weighted by Gasteiger charge is 2.34. The number of anilines is 1. The van der Waals surface area contributed by atoms with Crippen LogP contribution in [0.3, 0.4) is 0 Å². The van der Waals surface area contributed by atoms with Crippen LogP contribution in [0.1, 0.15) is 34.7 Å². The predicted octanol–water partition coefficient (Wildman–Crippen LogP) is 1.81. The summed E-state index contributed by atoms with van der Waals surface area (Å²) in [7, 11) is 1.34. The number of aliphatic imine (C=N–C) groups is 1. The van der Waals surface area contributed by atoms with Crippen LogP contribution in [0.15, 0.2) is 51.0 Å². The van der Waals surface area contributed by atoms with E-state index in [1.54, 1.807) is 6.07 Å². The largest absolute Gasteiger partial charge is 0.504 e. The molecule has 2 heterocycles. The summed E-state index contributed by atoms with van der Waals surface area (Å²) in [6.45, 7) is 3.89. The third kappa shape index (κ3) is 5.72. The minimum absolute atomic E-state index is 0.0806. The third-order valence-corrected chi connectivity index (χ3v) is 7.03. The Hall–Kier alpha value is -4.52. The first-order valence-electron chi connectivity index (χ1n) is 11.4. The number of aromatic amines is 2. The Kier molecular flexibility index (Phi) is 7.57. The van der Waals surface area contributed by atoms with Gasteiger partial charge in [0.15, 0.2) is 16.7 Å². The molecule has 1 aromatic heterocycles. The van der Waals surface area contributed by atoms with Crippen molar-refractivity contribution < 1.29 is 24.5 Å². The van der Waals surface area contributed by atoms with Gasteiger partial charge in [0.1, 0.15) is 16.9 Å². The summed E-state index contributed by atoms with van der Waals surface area (Å²) in [5.74, 6) is -1.61. The molecule has 1 aliphatic rings. The van der Waals surface area contributed by atoms with Crippen LogP contribution in [0.25, 0.3) is 0 Å². The molecule has 0 spiro atoms. The first kappa shape index (κ1) is 26.5. The Morgan fingerprint density at radius 3 is 2.55 bits per heavy atom. The van der Waals surface area contributed by atoms with Gasteiger partial charge in [0.25, 0.3) is 5.56 Å². The van der Waals surface area contributed by atoms with Crippen molar-refractivity contribution in [2.75, 3.05) is 12.4 Å². The van der Waals surface area contributed by atoms with Gasteiger partial charge in [-0.1, -0.05) is 23.9 Å². The lowest BCUT2D eigenvalue weighted by molar-refractivity contribution is -0.122. The number of aromatic nitrogens is 2. The second-order valence-corrected chi connectivity index (χ2v) is 9.78. The number of phenols is 1. The van der Waals surface area contributed by atoms with Crippen LogP contribution in [0.4, 0.5) is 5.69 Å². The van der Waals surface area contributed by atoms with Crippen molar-refractivity contribution in [2.45, 2.75) is 31.6 Å². The van der Waals surface area contributed by atoms with Crippen molar-refractivity contribution in [1.82, 2.24) is 15.3 Å². The molecule has 0 bridgehead atoms. The van der Waals surface area contributed by atoms with Crippen molar-refractivity contribution >= 4 is 34.4 Å². The van der Waals surface area contributed by atoms with Crippen LogP contribution < -0.4 is 26.6 Å². The number of thioether (sulfide) groups is 1. The Balaban J connectivity index is 1.62. The Bertz CT molecular complexity index is 1560. The molecule has 1 aliphatic heterocycles. The monoisotopic (exact) mass is 539 g/mol. The van der Waals surface area contributed by atoms with Crippen LogP contribution in [-0.2, 0) is 9.59 Å². The van der Waals surface area contributed by atoms with Crippen LogP contribution in [-0.4, -0.2) is 49.5 Å². The number of carbonyl (C=O) groups is 2. The number of benzene rings is 2. The number of nitrogens with one attached hydrogen (secondary N) is 4. The predicted molar refractivity (Wildman–Crippen MR) is 142 cm³/mol. The summed E-state index contributed by atoms with van der Waals surface area (Å²) >= 11 is 0.991. The normalized spacial score (nSPS) is 16.8. The van der Waals surface area contributed by atoms with E-state index < -0.39 is 34.3 Å². The molecule has 3 aromatic rings. The lowest BCUT2D eigenvalue weighted by Crippen LogP contribution is -2.29. The summed E-state index contributed by atoms with van der Waals surface area (Å²) < 4.78 is 5.14. The molecule has 12 nitrogen and oxygen atoms in total. The Morgan fingerprint density at radius 1 is 1.11 bits per heavy atom. The molecule has 2 atom stereocenters. The number of methoxy groups -OCH3 is 1. The number of amidine groups is 1. The van der Waals surface area contributed by atoms with Gasteiger partial charge >= 0.3 is 5.69 Å². The molecular formula is C25H25N5O7S. The van der Waals surface area contributed by atoms with Crippen molar-refractivity contribution in [1.29, 1.82) is 0 Å². The first-order chi connectivity index (χ1) is 18.0. The van der Waals surface area contributed by atoms with Gasteiger partial charge in [-0.15, -0.1) is 0 Å².